The van der Waals surface area contributed by atoms with Gasteiger partial charge in [-0.25, -0.2) is 0 Å². The smallest absolute Gasteiger partial charge is 0.220 e. The third kappa shape index (κ3) is 6.67. The summed E-state index contributed by atoms with van der Waals surface area (Å²) < 4.78 is 0. The average molecular weight is 240 g/mol. The molecule has 0 bridgehead atoms. The van der Waals surface area contributed by atoms with E-state index in [1.807, 2.05) is 0 Å². The predicted octanol–water partition coefficient (Wildman–Crippen LogP) is 2.45. The molecule has 1 unspecified atom stereocenters. The minimum atomic E-state index is 0.195. The Kier molecular flexibility index (Phi) is 7.25. The lowest BCUT2D eigenvalue weighted by atomic mass is 9.86. The van der Waals surface area contributed by atoms with E-state index in [-0.39, 0.29) is 5.91 Å². The fraction of sp³-hybridized carbons (Fsp3) is 0.929. The summed E-state index contributed by atoms with van der Waals surface area (Å²) in [5.41, 5.74) is 5.50. The zero-order chi connectivity index (χ0) is 12.5. The van der Waals surface area contributed by atoms with Gasteiger partial charge in [0, 0.05) is 13.0 Å². The van der Waals surface area contributed by atoms with Gasteiger partial charge >= 0.3 is 0 Å². The Morgan fingerprint density at radius 1 is 1.35 bits per heavy atom. The molecule has 0 aromatic carbocycles. The molecule has 0 spiro atoms. The topological polar surface area (TPSA) is 55.1 Å². The van der Waals surface area contributed by atoms with Gasteiger partial charge in [0.05, 0.1) is 0 Å². The van der Waals surface area contributed by atoms with E-state index >= 15 is 0 Å². The summed E-state index contributed by atoms with van der Waals surface area (Å²) in [5, 5.41) is 2.95. The van der Waals surface area contributed by atoms with E-state index in [9.17, 15) is 4.79 Å². The van der Waals surface area contributed by atoms with E-state index < -0.39 is 0 Å². The maximum absolute atomic E-state index is 11.6. The van der Waals surface area contributed by atoms with Crippen LogP contribution in [-0.4, -0.2) is 19.0 Å². The SMILES string of the molecule is CC(CN)CNC(=O)CCCC1CCCCC1. The van der Waals surface area contributed by atoms with E-state index in [0.717, 1.165) is 18.9 Å². The highest BCUT2D eigenvalue weighted by atomic mass is 16.1. The summed E-state index contributed by atoms with van der Waals surface area (Å²) in [6, 6.07) is 0. The maximum atomic E-state index is 11.6. The van der Waals surface area contributed by atoms with Crippen molar-refractivity contribution >= 4 is 5.91 Å². The summed E-state index contributed by atoms with van der Waals surface area (Å²) >= 11 is 0. The Morgan fingerprint density at radius 3 is 2.71 bits per heavy atom. The van der Waals surface area contributed by atoms with Crippen molar-refractivity contribution in [2.75, 3.05) is 13.1 Å². The Labute approximate surface area is 106 Å². The number of rotatable bonds is 7. The largest absolute Gasteiger partial charge is 0.356 e. The van der Waals surface area contributed by atoms with E-state index in [4.69, 9.17) is 5.73 Å². The van der Waals surface area contributed by atoms with Gasteiger partial charge in [-0.3, -0.25) is 4.79 Å². The number of carbonyl (C=O) groups excluding carboxylic acids is 1. The van der Waals surface area contributed by atoms with Gasteiger partial charge in [-0.1, -0.05) is 39.0 Å². The number of carbonyl (C=O) groups is 1. The van der Waals surface area contributed by atoms with Gasteiger partial charge in [-0.15, -0.1) is 0 Å². The zero-order valence-corrected chi connectivity index (χ0v) is 11.2. The van der Waals surface area contributed by atoms with Crippen LogP contribution in [0, 0.1) is 11.8 Å². The summed E-state index contributed by atoms with van der Waals surface area (Å²) in [7, 11) is 0. The van der Waals surface area contributed by atoms with Gasteiger partial charge in [0.25, 0.3) is 0 Å². The lowest BCUT2D eigenvalue weighted by molar-refractivity contribution is -0.121. The zero-order valence-electron chi connectivity index (χ0n) is 11.2. The van der Waals surface area contributed by atoms with Crippen molar-refractivity contribution in [3.05, 3.63) is 0 Å². The highest BCUT2D eigenvalue weighted by Gasteiger charge is 2.13. The standard InChI is InChI=1S/C14H28N2O/c1-12(10-15)11-16-14(17)9-5-8-13-6-3-2-4-7-13/h12-13H,2-11,15H2,1H3,(H,16,17). The van der Waals surface area contributed by atoms with Crippen molar-refractivity contribution in [2.24, 2.45) is 17.6 Å². The summed E-state index contributed by atoms with van der Waals surface area (Å²) in [4.78, 5) is 11.6. The molecule has 0 aromatic heterocycles. The highest BCUT2D eigenvalue weighted by molar-refractivity contribution is 5.75. The molecule has 1 rings (SSSR count). The molecule has 100 valence electrons. The first-order valence-electron chi connectivity index (χ1n) is 7.19. The molecule has 0 saturated heterocycles. The quantitative estimate of drug-likeness (QED) is 0.718. The van der Waals surface area contributed by atoms with E-state index in [2.05, 4.69) is 12.2 Å². The number of amides is 1. The molecule has 1 aliphatic rings. The molecule has 1 amide bonds. The molecule has 1 atom stereocenters. The van der Waals surface area contributed by atoms with Gasteiger partial charge in [0.1, 0.15) is 0 Å². The van der Waals surface area contributed by atoms with Gasteiger partial charge in [0.2, 0.25) is 5.91 Å². The molecule has 17 heavy (non-hydrogen) atoms. The second-order valence-corrected chi connectivity index (χ2v) is 5.54. The Morgan fingerprint density at radius 2 is 2.06 bits per heavy atom. The lowest BCUT2D eigenvalue weighted by Gasteiger charge is -2.21. The average Bonchev–Trinajstić information content (AvgIpc) is 2.37. The molecule has 0 radical (unpaired) electrons. The van der Waals surface area contributed by atoms with Crippen LogP contribution < -0.4 is 11.1 Å². The van der Waals surface area contributed by atoms with Gasteiger partial charge in [0.15, 0.2) is 0 Å². The molecule has 1 aliphatic carbocycles. The van der Waals surface area contributed by atoms with Crippen molar-refractivity contribution in [3.63, 3.8) is 0 Å². The molecular weight excluding hydrogens is 212 g/mol. The van der Waals surface area contributed by atoms with Crippen LogP contribution in [0.1, 0.15) is 58.3 Å². The molecule has 0 aromatic rings. The number of nitrogens with two attached hydrogens (primary N) is 1. The Hall–Kier alpha value is -0.570. The molecule has 3 N–H and O–H groups in total. The summed E-state index contributed by atoms with van der Waals surface area (Å²) in [5.74, 6) is 1.47. The molecule has 3 nitrogen and oxygen atoms in total. The van der Waals surface area contributed by atoms with Crippen LogP contribution in [0.15, 0.2) is 0 Å². The number of nitrogens with one attached hydrogen (secondary N) is 1. The van der Waals surface area contributed by atoms with Crippen LogP contribution in [0.5, 0.6) is 0 Å². The fourth-order valence-corrected chi connectivity index (χ4v) is 2.49. The third-order valence-corrected chi connectivity index (χ3v) is 3.79. The lowest BCUT2D eigenvalue weighted by Crippen LogP contribution is -2.31. The second kappa shape index (κ2) is 8.51. The monoisotopic (exact) mass is 240 g/mol. The minimum Gasteiger partial charge on any atom is -0.356 e. The maximum Gasteiger partial charge on any atom is 0.220 e. The van der Waals surface area contributed by atoms with E-state index in [0.29, 0.717) is 18.9 Å². The first kappa shape index (κ1) is 14.5. The Bertz CT molecular complexity index is 212. The van der Waals surface area contributed by atoms with E-state index in [1.165, 1.54) is 38.5 Å². The fourth-order valence-electron chi connectivity index (χ4n) is 2.49. The predicted molar refractivity (Wildman–Crippen MR) is 71.7 cm³/mol. The Balaban J connectivity index is 1.99. The summed E-state index contributed by atoms with van der Waals surface area (Å²) in [6.07, 6.45) is 9.93. The first-order valence-corrected chi connectivity index (χ1v) is 7.19. The molecule has 0 heterocycles. The van der Waals surface area contributed by atoms with Crippen molar-refractivity contribution in [1.82, 2.24) is 5.32 Å². The van der Waals surface area contributed by atoms with Crippen LogP contribution in [-0.2, 0) is 4.79 Å². The van der Waals surface area contributed by atoms with Crippen molar-refractivity contribution in [3.8, 4) is 0 Å². The van der Waals surface area contributed by atoms with Crippen LogP contribution >= 0.6 is 0 Å². The molecule has 0 aliphatic heterocycles. The van der Waals surface area contributed by atoms with Crippen LogP contribution in [0.4, 0.5) is 0 Å². The van der Waals surface area contributed by atoms with Gasteiger partial charge in [-0.2, -0.15) is 0 Å². The number of hydrogen-bond donors (Lipinski definition) is 2. The minimum absolute atomic E-state index is 0.195. The molecular formula is C14H28N2O. The molecule has 1 saturated carbocycles. The van der Waals surface area contributed by atoms with Crippen LogP contribution in [0.2, 0.25) is 0 Å². The normalized spacial score (nSPS) is 18.9. The van der Waals surface area contributed by atoms with Crippen molar-refractivity contribution < 1.29 is 4.79 Å². The summed E-state index contributed by atoms with van der Waals surface area (Å²) in [6.45, 7) is 3.42. The highest BCUT2D eigenvalue weighted by Crippen LogP contribution is 2.27. The van der Waals surface area contributed by atoms with Gasteiger partial charge in [-0.05, 0) is 31.2 Å². The van der Waals surface area contributed by atoms with E-state index in [1.54, 1.807) is 0 Å². The van der Waals surface area contributed by atoms with Crippen molar-refractivity contribution in [1.29, 1.82) is 0 Å². The molecule has 3 heteroatoms. The van der Waals surface area contributed by atoms with Crippen LogP contribution in [0.25, 0.3) is 0 Å². The third-order valence-electron chi connectivity index (χ3n) is 3.79. The molecule has 1 fully saturated rings. The van der Waals surface area contributed by atoms with Gasteiger partial charge < -0.3 is 11.1 Å². The second-order valence-electron chi connectivity index (χ2n) is 5.54. The van der Waals surface area contributed by atoms with Crippen molar-refractivity contribution in [2.45, 2.75) is 58.3 Å². The number of hydrogen-bond acceptors (Lipinski definition) is 2. The van der Waals surface area contributed by atoms with Crippen LogP contribution in [0.3, 0.4) is 0 Å². The first-order chi connectivity index (χ1) is 8.22.